The molecule has 0 aliphatic carbocycles. The second-order valence-electron chi connectivity index (χ2n) is 4.48. The van der Waals surface area contributed by atoms with Gasteiger partial charge in [0.05, 0.1) is 0 Å². The molecule has 0 saturated carbocycles. The molecule has 4 heteroatoms. The largest absolute Gasteiger partial charge is 0.506 e. The molecular weight excluding hydrogens is 282 g/mol. The standard InChI is InChI=1S/C17H13NO2S/c19-15-9-5-4-8-14(15)18-11-13-10-16(20-17(13)21)12-6-2-1-3-7-12/h1-11,19,21H. The van der Waals surface area contributed by atoms with Gasteiger partial charge in [-0.3, -0.25) is 4.99 Å². The summed E-state index contributed by atoms with van der Waals surface area (Å²) in [6, 6.07) is 18.6. The smallest absolute Gasteiger partial charge is 0.166 e. The summed E-state index contributed by atoms with van der Waals surface area (Å²) in [5.41, 5.74) is 2.25. The highest BCUT2D eigenvalue weighted by Gasteiger charge is 2.08. The van der Waals surface area contributed by atoms with E-state index in [0.717, 1.165) is 16.9 Å². The van der Waals surface area contributed by atoms with E-state index in [0.29, 0.717) is 10.8 Å². The summed E-state index contributed by atoms with van der Waals surface area (Å²) in [6.45, 7) is 0. The van der Waals surface area contributed by atoms with Crippen LogP contribution in [0.3, 0.4) is 0 Å². The lowest BCUT2D eigenvalue weighted by Gasteiger charge is -1.95. The Kier molecular flexibility index (Phi) is 3.79. The van der Waals surface area contributed by atoms with Gasteiger partial charge in [0, 0.05) is 17.3 Å². The van der Waals surface area contributed by atoms with Crippen molar-refractivity contribution in [3.63, 3.8) is 0 Å². The molecule has 104 valence electrons. The first-order valence-electron chi connectivity index (χ1n) is 6.44. The summed E-state index contributed by atoms with van der Waals surface area (Å²) in [4.78, 5) is 4.26. The molecule has 3 rings (SSSR count). The minimum atomic E-state index is 0.140. The van der Waals surface area contributed by atoms with E-state index < -0.39 is 0 Å². The van der Waals surface area contributed by atoms with Gasteiger partial charge in [0.1, 0.15) is 17.2 Å². The molecule has 21 heavy (non-hydrogen) atoms. The number of phenols is 1. The summed E-state index contributed by atoms with van der Waals surface area (Å²) in [7, 11) is 0. The van der Waals surface area contributed by atoms with Crippen LogP contribution < -0.4 is 0 Å². The third-order valence-corrected chi connectivity index (χ3v) is 3.37. The van der Waals surface area contributed by atoms with E-state index in [9.17, 15) is 5.11 Å². The number of para-hydroxylation sites is 2. The SMILES string of the molecule is Oc1ccccc1N=Cc1cc(-c2ccccc2)oc1S. The maximum Gasteiger partial charge on any atom is 0.166 e. The van der Waals surface area contributed by atoms with E-state index in [1.54, 1.807) is 24.4 Å². The van der Waals surface area contributed by atoms with Crippen LogP contribution >= 0.6 is 12.6 Å². The lowest BCUT2D eigenvalue weighted by atomic mass is 10.1. The third-order valence-electron chi connectivity index (χ3n) is 3.02. The molecule has 1 heterocycles. The van der Waals surface area contributed by atoms with Crippen LogP contribution in [0, 0.1) is 0 Å². The number of hydrogen-bond donors (Lipinski definition) is 2. The third kappa shape index (κ3) is 3.01. The second kappa shape index (κ2) is 5.89. The predicted octanol–water partition coefficient (Wildman–Crippen LogP) is 4.69. The van der Waals surface area contributed by atoms with E-state index in [2.05, 4.69) is 17.6 Å². The van der Waals surface area contributed by atoms with Crippen molar-refractivity contribution < 1.29 is 9.52 Å². The molecule has 0 atom stereocenters. The molecule has 0 aliphatic heterocycles. The maximum atomic E-state index is 9.68. The Morgan fingerprint density at radius 2 is 1.71 bits per heavy atom. The first kappa shape index (κ1) is 13.5. The lowest BCUT2D eigenvalue weighted by molar-refractivity contribution is 0.477. The fraction of sp³-hybridized carbons (Fsp3) is 0. The average molecular weight is 295 g/mol. The summed E-state index contributed by atoms with van der Waals surface area (Å²) < 4.78 is 5.63. The van der Waals surface area contributed by atoms with Crippen LogP contribution in [-0.2, 0) is 0 Å². The first-order valence-corrected chi connectivity index (χ1v) is 6.89. The van der Waals surface area contributed by atoms with E-state index in [-0.39, 0.29) is 5.75 Å². The van der Waals surface area contributed by atoms with Gasteiger partial charge in [0.15, 0.2) is 5.09 Å². The zero-order valence-corrected chi connectivity index (χ0v) is 12.0. The number of rotatable bonds is 3. The highest BCUT2D eigenvalue weighted by molar-refractivity contribution is 7.80. The average Bonchev–Trinajstić information content (AvgIpc) is 2.89. The van der Waals surface area contributed by atoms with Gasteiger partial charge in [0.2, 0.25) is 0 Å². The predicted molar refractivity (Wildman–Crippen MR) is 86.8 cm³/mol. The second-order valence-corrected chi connectivity index (χ2v) is 4.89. The van der Waals surface area contributed by atoms with Crippen LogP contribution in [0.4, 0.5) is 5.69 Å². The minimum absolute atomic E-state index is 0.140. The number of furan rings is 1. The van der Waals surface area contributed by atoms with Crippen molar-refractivity contribution in [3.8, 4) is 17.1 Å². The van der Waals surface area contributed by atoms with Crippen LogP contribution in [0.5, 0.6) is 5.75 Å². The van der Waals surface area contributed by atoms with Gasteiger partial charge in [-0.15, -0.1) is 12.6 Å². The van der Waals surface area contributed by atoms with Crippen molar-refractivity contribution in [1.29, 1.82) is 0 Å². The van der Waals surface area contributed by atoms with E-state index in [1.165, 1.54) is 0 Å². The molecule has 0 fully saturated rings. The molecule has 0 aliphatic rings. The van der Waals surface area contributed by atoms with Gasteiger partial charge in [-0.05, 0) is 18.2 Å². The zero-order chi connectivity index (χ0) is 14.7. The Hall–Kier alpha value is -2.46. The summed E-state index contributed by atoms with van der Waals surface area (Å²) in [5.74, 6) is 0.876. The van der Waals surface area contributed by atoms with Crippen LogP contribution in [0.15, 0.2) is 75.2 Å². The first-order chi connectivity index (χ1) is 10.2. The zero-order valence-electron chi connectivity index (χ0n) is 11.1. The Morgan fingerprint density at radius 1 is 1.00 bits per heavy atom. The molecule has 1 aromatic heterocycles. The van der Waals surface area contributed by atoms with E-state index in [4.69, 9.17) is 4.42 Å². The van der Waals surface area contributed by atoms with Crippen LogP contribution in [0.1, 0.15) is 5.56 Å². The Balaban J connectivity index is 1.91. The Morgan fingerprint density at radius 3 is 2.48 bits per heavy atom. The Labute approximate surface area is 128 Å². The van der Waals surface area contributed by atoms with Gasteiger partial charge >= 0.3 is 0 Å². The van der Waals surface area contributed by atoms with Gasteiger partial charge in [-0.2, -0.15) is 0 Å². The van der Waals surface area contributed by atoms with Gasteiger partial charge < -0.3 is 9.52 Å². The van der Waals surface area contributed by atoms with Crippen LogP contribution in [0.2, 0.25) is 0 Å². The fourth-order valence-corrected chi connectivity index (χ4v) is 2.17. The number of hydrogen-bond acceptors (Lipinski definition) is 4. The highest BCUT2D eigenvalue weighted by Crippen LogP contribution is 2.28. The van der Waals surface area contributed by atoms with Gasteiger partial charge in [-0.25, -0.2) is 0 Å². The number of phenolic OH excluding ortho intramolecular Hbond substituents is 1. The molecule has 0 amide bonds. The molecule has 0 spiro atoms. The number of aliphatic imine (C=N–C) groups is 1. The molecule has 0 radical (unpaired) electrons. The summed E-state index contributed by atoms with van der Waals surface area (Å²) >= 11 is 4.32. The molecular formula is C17H13NO2S. The molecule has 0 unspecified atom stereocenters. The molecule has 0 bridgehead atoms. The van der Waals surface area contributed by atoms with Crippen molar-refractivity contribution in [2.24, 2.45) is 4.99 Å². The van der Waals surface area contributed by atoms with E-state index >= 15 is 0 Å². The van der Waals surface area contributed by atoms with Crippen molar-refractivity contribution in [3.05, 3.63) is 66.2 Å². The van der Waals surface area contributed by atoms with Crippen molar-refractivity contribution in [2.45, 2.75) is 5.09 Å². The number of thiol groups is 1. The topological polar surface area (TPSA) is 45.7 Å². The van der Waals surface area contributed by atoms with Crippen LogP contribution in [-0.4, -0.2) is 11.3 Å². The van der Waals surface area contributed by atoms with Crippen LogP contribution in [0.25, 0.3) is 11.3 Å². The molecule has 0 saturated heterocycles. The Bertz CT molecular complexity index is 778. The number of nitrogens with zero attached hydrogens (tertiary/aromatic N) is 1. The monoisotopic (exact) mass is 295 g/mol. The maximum absolute atomic E-state index is 9.68. The fourth-order valence-electron chi connectivity index (χ4n) is 1.95. The number of benzene rings is 2. The quantitative estimate of drug-likeness (QED) is 0.544. The molecule has 3 nitrogen and oxygen atoms in total. The summed E-state index contributed by atoms with van der Waals surface area (Å²) in [5, 5.41) is 10.2. The van der Waals surface area contributed by atoms with Crippen molar-refractivity contribution in [1.82, 2.24) is 0 Å². The lowest BCUT2D eigenvalue weighted by Crippen LogP contribution is -1.77. The van der Waals surface area contributed by atoms with Crippen molar-refractivity contribution >= 4 is 24.5 Å². The minimum Gasteiger partial charge on any atom is -0.506 e. The van der Waals surface area contributed by atoms with E-state index in [1.807, 2.05) is 42.5 Å². The molecule has 1 N–H and O–H groups in total. The molecule has 3 aromatic rings. The highest BCUT2D eigenvalue weighted by atomic mass is 32.1. The summed E-state index contributed by atoms with van der Waals surface area (Å²) in [6.07, 6.45) is 1.63. The molecule has 2 aromatic carbocycles. The van der Waals surface area contributed by atoms with Gasteiger partial charge in [0.25, 0.3) is 0 Å². The normalized spacial score (nSPS) is 11.1. The number of aromatic hydroxyl groups is 1. The van der Waals surface area contributed by atoms with Gasteiger partial charge in [-0.1, -0.05) is 42.5 Å². The van der Waals surface area contributed by atoms with Crippen molar-refractivity contribution in [2.75, 3.05) is 0 Å².